The SMILES string of the molecule is CC1(C)[C@@H]2CC[C@@]1(C)[C@H](NC(=O)c1ccnc(F)c1)C2. The standard InChI is InChI=1S/C16H21FN2O/c1-15(2)11-4-6-16(15,3)12(9-11)19-14(20)10-5-7-18-13(17)8-10/h5,7-8,11-12H,4,6,9H2,1-3H3,(H,19,20)/t11-,12-,16+/m1/s1. The van der Waals surface area contributed by atoms with Crippen molar-refractivity contribution in [3.05, 3.63) is 29.8 Å². The Morgan fingerprint density at radius 2 is 2.20 bits per heavy atom. The van der Waals surface area contributed by atoms with Crippen LogP contribution in [0.4, 0.5) is 4.39 Å². The summed E-state index contributed by atoms with van der Waals surface area (Å²) in [4.78, 5) is 15.8. The average Bonchev–Trinajstić information content (AvgIpc) is 2.72. The Balaban J connectivity index is 1.78. The molecule has 3 atom stereocenters. The number of halogens is 1. The second-order valence-corrected chi connectivity index (χ2v) is 7.00. The van der Waals surface area contributed by atoms with E-state index in [0.717, 1.165) is 12.8 Å². The van der Waals surface area contributed by atoms with E-state index in [1.807, 2.05) is 0 Å². The van der Waals surface area contributed by atoms with Gasteiger partial charge in [0, 0.05) is 23.9 Å². The Morgan fingerprint density at radius 1 is 1.45 bits per heavy atom. The van der Waals surface area contributed by atoms with Crippen LogP contribution in [-0.2, 0) is 0 Å². The average molecular weight is 276 g/mol. The third-order valence-electron chi connectivity index (χ3n) is 6.09. The molecule has 1 amide bonds. The second-order valence-electron chi connectivity index (χ2n) is 7.00. The van der Waals surface area contributed by atoms with Crippen LogP contribution in [0.5, 0.6) is 0 Å². The molecule has 1 heterocycles. The summed E-state index contributed by atoms with van der Waals surface area (Å²) in [6, 6.07) is 2.93. The van der Waals surface area contributed by atoms with Crippen molar-refractivity contribution < 1.29 is 9.18 Å². The number of amides is 1. The lowest BCUT2D eigenvalue weighted by atomic mass is 9.69. The fourth-order valence-electron chi connectivity index (χ4n) is 4.21. The zero-order chi connectivity index (χ0) is 14.5. The third kappa shape index (κ3) is 1.77. The van der Waals surface area contributed by atoms with Gasteiger partial charge in [-0.1, -0.05) is 20.8 Å². The first-order chi connectivity index (χ1) is 9.34. The summed E-state index contributed by atoms with van der Waals surface area (Å²) in [5, 5.41) is 3.12. The maximum atomic E-state index is 13.1. The van der Waals surface area contributed by atoms with Crippen LogP contribution in [0.2, 0.25) is 0 Å². The molecule has 0 unspecified atom stereocenters. The number of nitrogens with zero attached hydrogens (tertiary/aromatic N) is 1. The molecule has 3 nitrogen and oxygen atoms in total. The lowest BCUT2D eigenvalue weighted by Crippen LogP contribution is -2.46. The van der Waals surface area contributed by atoms with Crippen molar-refractivity contribution in [2.24, 2.45) is 16.7 Å². The number of carbonyl (C=O) groups excluding carboxylic acids is 1. The number of pyridine rings is 1. The van der Waals surface area contributed by atoms with Crippen LogP contribution in [-0.4, -0.2) is 16.9 Å². The Labute approximate surface area is 119 Å². The molecule has 20 heavy (non-hydrogen) atoms. The summed E-state index contributed by atoms with van der Waals surface area (Å²) < 4.78 is 13.1. The van der Waals surface area contributed by atoms with Gasteiger partial charge < -0.3 is 5.32 Å². The third-order valence-corrected chi connectivity index (χ3v) is 6.09. The fourth-order valence-corrected chi connectivity index (χ4v) is 4.21. The van der Waals surface area contributed by atoms with Crippen LogP contribution >= 0.6 is 0 Å². The minimum Gasteiger partial charge on any atom is -0.349 e. The van der Waals surface area contributed by atoms with Crippen molar-refractivity contribution in [3.63, 3.8) is 0 Å². The molecule has 4 heteroatoms. The number of rotatable bonds is 2. The van der Waals surface area contributed by atoms with Gasteiger partial charge in [-0.2, -0.15) is 4.39 Å². The van der Waals surface area contributed by atoms with E-state index in [1.165, 1.54) is 18.7 Å². The largest absolute Gasteiger partial charge is 0.349 e. The quantitative estimate of drug-likeness (QED) is 0.843. The summed E-state index contributed by atoms with van der Waals surface area (Å²) in [5.74, 6) is -0.134. The predicted octanol–water partition coefficient (Wildman–Crippen LogP) is 3.17. The normalized spacial score (nSPS) is 34.2. The van der Waals surface area contributed by atoms with E-state index in [4.69, 9.17) is 0 Å². The summed E-state index contributed by atoms with van der Waals surface area (Å²) >= 11 is 0. The maximum absolute atomic E-state index is 13.1. The first-order valence-corrected chi connectivity index (χ1v) is 7.27. The fraction of sp³-hybridized carbons (Fsp3) is 0.625. The highest BCUT2D eigenvalue weighted by Gasteiger charge is 2.61. The minimum absolute atomic E-state index is 0.138. The molecule has 2 bridgehead atoms. The summed E-state index contributed by atoms with van der Waals surface area (Å²) in [6.07, 6.45) is 4.76. The molecule has 2 aliphatic carbocycles. The number of aromatic nitrogens is 1. The van der Waals surface area contributed by atoms with Gasteiger partial charge >= 0.3 is 0 Å². The molecule has 2 saturated carbocycles. The first kappa shape index (κ1) is 13.5. The van der Waals surface area contributed by atoms with Gasteiger partial charge in [0.25, 0.3) is 5.91 Å². The van der Waals surface area contributed by atoms with Crippen molar-refractivity contribution in [3.8, 4) is 0 Å². The van der Waals surface area contributed by atoms with Gasteiger partial charge in [-0.05, 0) is 42.1 Å². The van der Waals surface area contributed by atoms with Crippen LogP contribution in [0.3, 0.4) is 0 Å². The Bertz CT molecular complexity index is 557. The zero-order valence-corrected chi connectivity index (χ0v) is 12.2. The van der Waals surface area contributed by atoms with Gasteiger partial charge in [-0.3, -0.25) is 4.79 Å². The van der Waals surface area contributed by atoms with Crippen LogP contribution in [0.1, 0.15) is 50.4 Å². The highest BCUT2D eigenvalue weighted by atomic mass is 19.1. The van der Waals surface area contributed by atoms with E-state index in [2.05, 4.69) is 31.1 Å². The number of nitrogens with one attached hydrogen (secondary N) is 1. The monoisotopic (exact) mass is 276 g/mol. The van der Waals surface area contributed by atoms with Crippen molar-refractivity contribution in [1.29, 1.82) is 0 Å². The molecule has 2 aliphatic rings. The van der Waals surface area contributed by atoms with E-state index in [9.17, 15) is 9.18 Å². The molecule has 0 radical (unpaired) electrons. The van der Waals surface area contributed by atoms with Gasteiger partial charge in [-0.15, -0.1) is 0 Å². The molecule has 1 aromatic heterocycles. The molecule has 0 aromatic carbocycles. The Kier molecular flexibility index (Phi) is 2.89. The van der Waals surface area contributed by atoms with Gasteiger partial charge in [0.15, 0.2) is 0 Å². The van der Waals surface area contributed by atoms with Crippen molar-refractivity contribution in [1.82, 2.24) is 10.3 Å². The van der Waals surface area contributed by atoms with Crippen molar-refractivity contribution in [2.75, 3.05) is 0 Å². The zero-order valence-electron chi connectivity index (χ0n) is 12.2. The highest BCUT2D eigenvalue weighted by Crippen LogP contribution is 2.65. The molecule has 1 N–H and O–H groups in total. The van der Waals surface area contributed by atoms with E-state index in [1.54, 1.807) is 6.07 Å². The van der Waals surface area contributed by atoms with Crippen LogP contribution < -0.4 is 5.32 Å². The smallest absolute Gasteiger partial charge is 0.251 e. The molecule has 2 fully saturated rings. The van der Waals surface area contributed by atoms with E-state index >= 15 is 0 Å². The van der Waals surface area contributed by atoms with Crippen molar-refractivity contribution in [2.45, 2.75) is 46.1 Å². The summed E-state index contributed by atoms with van der Waals surface area (Å²) in [7, 11) is 0. The Hall–Kier alpha value is -1.45. The molecule has 0 aliphatic heterocycles. The van der Waals surface area contributed by atoms with Gasteiger partial charge in [0.05, 0.1) is 0 Å². The predicted molar refractivity (Wildman–Crippen MR) is 74.7 cm³/mol. The number of carbonyl (C=O) groups is 1. The van der Waals surface area contributed by atoms with E-state index < -0.39 is 5.95 Å². The topological polar surface area (TPSA) is 42.0 Å². The lowest BCUT2D eigenvalue weighted by Gasteiger charge is -2.39. The van der Waals surface area contributed by atoms with Crippen LogP contribution in [0.25, 0.3) is 0 Å². The lowest BCUT2D eigenvalue weighted by molar-refractivity contribution is 0.0825. The van der Waals surface area contributed by atoms with Crippen LogP contribution in [0.15, 0.2) is 18.3 Å². The second kappa shape index (κ2) is 4.27. The van der Waals surface area contributed by atoms with Crippen LogP contribution in [0, 0.1) is 22.7 Å². The van der Waals surface area contributed by atoms with Crippen molar-refractivity contribution >= 4 is 5.91 Å². The summed E-state index contributed by atoms with van der Waals surface area (Å²) in [5.41, 5.74) is 0.745. The van der Waals surface area contributed by atoms with Gasteiger partial charge in [0.1, 0.15) is 0 Å². The maximum Gasteiger partial charge on any atom is 0.251 e. The molecular weight excluding hydrogens is 255 g/mol. The van der Waals surface area contributed by atoms with Gasteiger partial charge in [0.2, 0.25) is 5.95 Å². The number of hydrogen-bond donors (Lipinski definition) is 1. The van der Waals surface area contributed by atoms with Gasteiger partial charge in [-0.25, -0.2) is 4.98 Å². The first-order valence-electron chi connectivity index (χ1n) is 7.27. The molecule has 3 rings (SSSR count). The Morgan fingerprint density at radius 3 is 2.75 bits per heavy atom. The minimum atomic E-state index is -0.614. The van der Waals surface area contributed by atoms with E-state index in [-0.39, 0.29) is 22.8 Å². The number of fused-ring (bicyclic) bond motifs is 2. The molecule has 1 aromatic rings. The molecular formula is C16H21FN2O. The highest BCUT2D eigenvalue weighted by molar-refractivity contribution is 5.94. The molecule has 0 spiro atoms. The molecule has 0 saturated heterocycles. The van der Waals surface area contributed by atoms with E-state index in [0.29, 0.717) is 11.5 Å². The molecule has 108 valence electrons. The summed E-state index contributed by atoms with van der Waals surface area (Å²) in [6.45, 7) is 6.89. The number of hydrogen-bond acceptors (Lipinski definition) is 2.